The van der Waals surface area contributed by atoms with Crippen molar-refractivity contribution in [2.75, 3.05) is 0 Å². The van der Waals surface area contributed by atoms with Crippen molar-refractivity contribution in [1.82, 2.24) is 5.32 Å². The number of unbranched alkanes of at least 4 members (excludes halogenated alkanes) is 2. The first-order valence-electron chi connectivity index (χ1n) is 5.06. The number of allylic oxidation sites excluding steroid dienone is 1. The highest BCUT2D eigenvalue weighted by atomic mass is 19.4. The van der Waals surface area contributed by atoms with Gasteiger partial charge in [0.2, 0.25) is 0 Å². The van der Waals surface area contributed by atoms with Gasteiger partial charge in [0.15, 0.2) is 0 Å². The van der Waals surface area contributed by atoms with E-state index in [1.54, 1.807) is 6.08 Å². The van der Waals surface area contributed by atoms with Crippen LogP contribution in [0.15, 0.2) is 11.8 Å². The molecule has 1 atom stereocenters. The van der Waals surface area contributed by atoms with Crippen LogP contribution >= 0.6 is 0 Å². The average molecular weight is 207 g/mol. The smallest absolute Gasteiger partial charge is 0.377 e. The maximum absolute atomic E-state index is 12.2. The normalized spacial score (nSPS) is 22.0. The standard InChI is InChI=1S/C10H16F3N/c1-2-3-4-5-8-6-7-9(14-8)10(11,12)13/h6,9,14H,2-5,7H2,1H3. The van der Waals surface area contributed by atoms with E-state index < -0.39 is 12.2 Å². The zero-order valence-electron chi connectivity index (χ0n) is 8.32. The van der Waals surface area contributed by atoms with Gasteiger partial charge >= 0.3 is 6.18 Å². The molecular weight excluding hydrogens is 191 g/mol. The van der Waals surface area contributed by atoms with Crippen molar-refractivity contribution in [1.29, 1.82) is 0 Å². The average Bonchev–Trinajstić information content (AvgIpc) is 2.52. The fraction of sp³-hybridized carbons (Fsp3) is 0.800. The molecule has 14 heavy (non-hydrogen) atoms. The van der Waals surface area contributed by atoms with Crippen LogP contribution in [0, 0.1) is 0 Å². The Balaban J connectivity index is 2.26. The van der Waals surface area contributed by atoms with Crippen LogP contribution in [0.25, 0.3) is 0 Å². The first-order valence-corrected chi connectivity index (χ1v) is 5.06. The summed E-state index contributed by atoms with van der Waals surface area (Å²) in [6, 6.07) is -1.35. The molecule has 82 valence electrons. The van der Waals surface area contributed by atoms with E-state index in [1.807, 2.05) is 0 Å². The lowest BCUT2D eigenvalue weighted by molar-refractivity contribution is -0.151. The molecule has 0 radical (unpaired) electrons. The lowest BCUT2D eigenvalue weighted by Gasteiger charge is -2.16. The Kier molecular flexibility index (Phi) is 3.84. The largest absolute Gasteiger partial charge is 0.408 e. The van der Waals surface area contributed by atoms with Crippen molar-refractivity contribution in [2.45, 2.75) is 51.2 Å². The van der Waals surface area contributed by atoms with Crippen LogP contribution in [0.3, 0.4) is 0 Å². The number of nitrogens with one attached hydrogen (secondary N) is 1. The molecule has 0 spiro atoms. The van der Waals surface area contributed by atoms with E-state index in [2.05, 4.69) is 12.2 Å². The van der Waals surface area contributed by atoms with Crippen molar-refractivity contribution in [2.24, 2.45) is 0 Å². The Labute approximate surface area is 82.4 Å². The molecule has 0 saturated carbocycles. The van der Waals surface area contributed by atoms with Gasteiger partial charge in [-0.05, 0) is 19.3 Å². The van der Waals surface area contributed by atoms with Gasteiger partial charge in [0.1, 0.15) is 6.04 Å². The highest BCUT2D eigenvalue weighted by Gasteiger charge is 2.41. The van der Waals surface area contributed by atoms with Gasteiger partial charge in [0.25, 0.3) is 0 Å². The minimum atomic E-state index is -4.11. The molecule has 0 bridgehead atoms. The summed E-state index contributed by atoms with van der Waals surface area (Å²) in [5, 5.41) is 2.53. The fourth-order valence-electron chi connectivity index (χ4n) is 1.56. The number of hydrogen-bond acceptors (Lipinski definition) is 1. The molecule has 1 heterocycles. The molecule has 1 nitrogen and oxygen atoms in total. The Hall–Kier alpha value is -0.670. The molecule has 1 rings (SSSR count). The zero-order valence-corrected chi connectivity index (χ0v) is 8.32. The van der Waals surface area contributed by atoms with Gasteiger partial charge in [-0.25, -0.2) is 0 Å². The number of rotatable bonds is 4. The van der Waals surface area contributed by atoms with Crippen LogP contribution in [0.2, 0.25) is 0 Å². The lowest BCUT2D eigenvalue weighted by Crippen LogP contribution is -2.37. The summed E-state index contributed by atoms with van der Waals surface area (Å²) >= 11 is 0. The monoisotopic (exact) mass is 207 g/mol. The van der Waals surface area contributed by atoms with E-state index in [9.17, 15) is 13.2 Å². The summed E-state index contributed by atoms with van der Waals surface area (Å²) in [5.41, 5.74) is 0.765. The summed E-state index contributed by atoms with van der Waals surface area (Å²) in [6.07, 6.45) is 1.55. The summed E-state index contributed by atoms with van der Waals surface area (Å²) in [6.45, 7) is 2.08. The highest BCUT2D eigenvalue weighted by Crippen LogP contribution is 2.28. The third-order valence-electron chi connectivity index (χ3n) is 2.40. The van der Waals surface area contributed by atoms with Crippen molar-refractivity contribution < 1.29 is 13.2 Å². The maximum Gasteiger partial charge on any atom is 0.408 e. The van der Waals surface area contributed by atoms with E-state index in [1.165, 1.54) is 0 Å². The molecule has 0 amide bonds. The molecule has 0 aliphatic carbocycles. The first kappa shape index (κ1) is 11.4. The molecule has 0 saturated heterocycles. The molecule has 1 unspecified atom stereocenters. The molecular formula is C10H16F3N. The van der Waals surface area contributed by atoms with Crippen LogP contribution in [0.5, 0.6) is 0 Å². The minimum Gasteiger partial charge on any atom is -0.377 e. The van der Waals surface area contributed by atoms with Crippen LogP contribution in [0.1, 0.15) is 39.0 Å². The van der Waals surface area contributed by atoms with Gasteiger partial charge in [-0.2, -0.15) is 13.2 Å². The Morgan fingerprint density at radius 3 is 2.64 bits per heavy atom. The second-order valence-corrected chi connectivity index (χ2v) is 3.66. The number of alkyl halides is 3. The van der Waals surface area contributed by atoms with Crippen molar-refractivity contribution in [3.8, 4) is 0 Å². The second-order valence-electron chi connectivity index (χ2n) is 3.66. The highest BCUT2D eigenvalue weighted by molar-refractivity contribution is 5.10. The fourth-order valence-corrected chi connectivity index (χ4v) is 1.56. The van der Waals surface area contributed by atoms with Gasteiger partial charge in [0.05, 0.1) is 0 Å². The van der Waals surface area contributed by atoms with E-state index in [4.69, 9.17) is 0 Å². The van der Waals surface area contributed by atoms with E-state index in [0.29, 0.717) is 0 Å². The second kappa shape index (κ2) is 4.71. The number of hydrogen-bond donors (Lipinski definition) is 1. The van der Waals surface area contributed by atoms with Gasteiger partial charge in [-0.1, -0.05) is 25.8 Å². The summed E-state index contributed by atoms with van der Waals surface area (Å²) in [7, 11) is 0. The van der Waals surface area contributed by atoms with E-state index >= 15 is 0 Å². The predicted molar refractivity (Wildman–Crippen MR) is 49.8 cm³/mol. The lowest BCUT2D eigenvalue weighted by atomic mass is 10.2. The Bertz CT molecular complexity index is 208. The first-order chi connectivity index (χ1) is 6.54. The maximum atomic E-state index is 12.2. The van der Waals surface area contributed by atoms with Gasteiger partial charge in [-0.15, -0.1) is 0 Å². The number of halogens is 3. The van der Waals surface area contributed by atoms with E-state index in [-0.39, 0.29) is 6.42 Å². The Morgan fingerprint density at radius 1 is 1.43 bits per heavy atom. The topological polar surface area (TPSA) is 12.0 Å². The summed E-state index contributed by atoms with van der Waals surface area (Å²) in [4.78, 5) is 0. The summed E-state index contributed by atoms with van der Waals surface area (Å²) in [5.74, 6) is 0. The van der Waals surface area contributed by atoms with Crippen molar-refractivity contribution in [3.05, 3.63) is 11.8 Å². The van der Waals surface area contributed by atoms with Crippen LogP contribution < -0.4 is 5.32 Å². The van der Waals surface area contributed by atoms with Gasteiger partial charge < -0.3 is 5.32 Å². The molecule has 1 N–H and O–H groups in total. The quantitative estimate of drug-likeness (QED) is 0.697. The Morgan fingerprint density at radius 2 is 2.14 bits per heavy atom. The van der Waals surface area contributed by atoms with Crippen LogP contribution in [-0.4, -0.2) is 12.2 Å². The van der Waals surface area contributed by atoms with E-state index in [0.717, 1.165) is 31.4 Å². The van der Waals surface area contributed by atoms with Crippen LogP contribution in [-0.2, 0) is 0 Å². The summed E-state index contributed by atoms with van der Waals surface area (Å²) < 4.78 is 36.7. The van der Waals surface area contributed by atoms with Gasteiger partial charge in [0, 0.05) is 5.70 Å². The van der Waals surface area contributed by atoms with Crippen molar-refractivity contribution >= 4 is 0 Å². The van der Waals surface area contributed by atoms with Gasteiger partial charge in [-0.3, -0.25) is 0 Å². The minimum absolute atomic E-state index is 0.0883. The molecule has 1 aliphatic heterocycles. The molecule has 0 fully saturated rings. The zero-order chi connectivity index (χ0) is 10.6. The SMILES string of the molecule is CCCCCC1=CCC(C(F)(F)F)N1. The predicted octanol–water partition coefficient (Wildman–Crippen LogP) is 3.37. The molecule has 0 aromatic heterocycles. The third-order valence-corrected chi connectivity index (χ3v) is 2.40. The third kappa shape index (κ3) is 3.24. The van der Waals surface area contributed by atoms with Crippen molar-refractivity contribution in [3.63, 3.8) is 0 Å². The molecule has 4 heteroatoms. The molecule has 1 aliphatic rings. The molecule has 0 aromatic carbocycles. The molecule has 0 aromatic rings. The van der Waals surface area contributed by atoms with Crippen LogP contribution in [0.4, 0.5) is 13.2 Å².